The van der Waals surface area contributed by atoms with Crippen molar-refractivity contribution >= 4 is 17.3 Å². The van der Waals surface area contributed by atoms with Gasteiger partial charge in [0.25, 0.3) is 5.56 Å². The number of anilines is 1. The standard InChI is InChI=1S/C13H21ClN4O/c1-17(10-6-4-3-5-9(10)7-15)11-8-16-18(2)13(19)12(11)14/h8-10H,3-7,15H2,1-2H3. The van der Waals surface area contributed by atoms with Gasteiger partial charge in [0.05, 0.1) is 11.9 Å². The summed E-state index contributed by atoms with van der Waals surface area (Å²) < 4.78 is 1.25. The smallest absolute Gasteiger partial charge is 0.287 e. The van der Waals surface area contributed by atoms with Gasteiger partial charge in [0, 0.05) is 20.1 Å². The molecule has 2 rings (SSSR count). The van der Waals surface area contributed by atoms with Gasteiger partial charge in [0.1, 0.15) is 5.02 Å². The van der Waals surface area contributed by atoms with Crippen molar-refractivity contribution in [1.82, 2.24) is 9.78 Å². The highest BCUT2D eigenvalue weighted by atomic mass is 35.5. The summed E-state index contributed by atoms with van der Waals surface area (Å²) in [4.78, 5) is 13.9. The zero-order valence-electron chi connectivity index (χ0n) is 11.5. The molecule has 1 aromatic heterocycles. The van der Waals surface area contributed by atoms with Gasteiger partial charge in [-0.3, -0.25) is 4.79 Å². The molecule has 0 aromatic carbocycles. The average molecular weight is 285 g/mol. The summed E-state index contributed by atoms with van der Waals surface area (Å²) in [6, 6.07) is 0.338. The van der Waals surface area contributed by atoms with E-state index in [0.29, 0.717) is 24.2 Å². The van der Waals surface area contributed by atoms with Crippen molar-refractivity contribution in [2.24, 2.45) is 18.7 Å². The number of halogens is 1. The first-order chi connectivity index (χ1) is 9.06. The van der Waals surface area contributed by atoms with Crippen LogP contribution < -0.4 is 16.2 Å². The van der Waals surface area contributed by atoms with Crippen molar-refractivity contribution in [2.75, 3.05) is 18.5 Å². The van der Waals surface area contributed by atoms with Crippen LogP contribution >= 0.6 is 11.6 Å². The SMILES string of the molecule is CN(c1cnn(C)c(=O)c1Cl)C1CCCCC1CN. The normalized spacial score (nSPS) is 23.4. The molecular weight excluding hydrogens is 264 g/mol. The van der Waals surface area contributed by atoms with E-state index >= 15 is 0 Å². The lowest BCUT2D eigenvalue weighted by Gasteiger charge is -2.38. The van der Waals surface area contributed by atoms with E-state index < -0.39 is 0 Å². The minimum absolute atomic E-state index is 0.237. The zero-order valence-corrected chi connectivity index (χ0v) is 12.2. The molecule has 2 N–H and O–H groups in total. The van der Waals surface area contributed by atoms with Crippen LogP contribution in [-0.2, 0) is 7.05 Å². The van der Waals surface area contributed by atoms with E-state index in [2.05, 4.69) is 10.00 Å². The van der Waals surface area contributed by atoms with Crippen LogP contribution in [0.15, 0.2) is 11.0 Å². The highest BCUT2D eigenvalue weighted by molar-refractivity contribution is 6.33. The molecule has 0 aliphatic heterocycles. The predicted octanol–water partition coefficient (Wildman–Crippen LogP) is 1.39. The second-order valence-corrected chi connectivity index (χ2v) is 5.61. The molecule has 0 amide bonds. The second kappa shape index (κ2) is 5.92. The lowest BCUT2D eigenvalue weighted by molar-refractivity contribution is 0.306. The fraction of sp³-hybridized carbons (Fsp3) is 0.692. The molecule has 19 heavy (non-hydrogen) atoms. The third-order valence-electron chi connectivity index (χ3n) is 4.11. The van der Waals surface area contributed by atoms with E-state index in [1.165, 1.54) is 17.5 Å². The van der Waals surface area contributed by atoms with Gasteiger partial charge in [-0.25, -0.2) is 4.68 Å². The molecule has 0 radical (unpaired) electrons. The van der Waals surface area contributed by atoms with Crippen LogP contribution in [0.4, 0.5) is 5.69 Å². The fourth-order valence-corrected chi connectivity index (χ4v) is 3.20. The molecule has 2 atom stereocenters. The average Bonchev–Trinajstić information content (AvgIpc) is 2.44. The number of nitrogens with two attached hydrogens (primary N) is 1. The molecule has 1 saturated carbocycles. The molecule has 5 nitrogen and oxygen atoms in total. The Hall–Kier alpha value is -1.07. The van der Waals surface area contributed by atoms with Gasteiger partial charge < -0.3 is 10.6 Å². The number of rotatable bonds is 3. The molecule has 6 heteroatoms. The van der Waals surface area contributed by atoms with Crippen LogP contribution in [-0.4, -0.2) is 29.4 Å². The fourth-order valence-electron chi connectivity index (χ4n) is 2.90. The van der Waals surface area contributed by atoms with Gasteiger partial charge in [0.15, 0.2) is 0 Å². The lowest BCUT2D eigenvalue weighted by atomic mass is 9.83. The van der Waals surface area contributed by atoms with Crippen molar-refractivity contribution in [2.45, 2.75) is 31.7 Å². The molecule has 1 fully saturated rings. The Morgan fingerprint density at radius 1 is 1.53 bits per heavy atom. The number of nitrogens with zero attached hydrogens (tertiary/aromatic N) is 3. The Morgan fingerprint density at radius 2 is 2.21 bits per heavy atom. The van der Waals surface area contributed by atoms with Gasteiger partial charge in [-0.05, 0) is 25.3 Å². The van der Waals surface area contributed by atoms with E-state index in [0.717, 1.165) is 12.8 Å². The van der Waals surface area contributed by atoms with E-state index in [1.54, 1.807) is 13.2 Å². The van der Waals surface area contributed by atoms with E-state index in [1.807, 2.05) is 7.05 Å². The van der Waals surface area contributed by atoms with E-state index in [9.17, 15) is 4.79 Å². The second-order valence-electron chi connectivity index (χ2n) is 5.23. The molecular formula is C13H21ClN4O. The van der Waals surface area contributed by atoms with Crippen LogP contribution in [0.25, 0.3) is 0 Å². The quantitative estimate of drug-likeness (QED) is 0.911. The van der Waals surface area contributed by atoms with Gasteiger partial charge in [0.2, 0.25) is 0 Å². The van der Waals surface area contributed by atoms with Crippen molar-refractivity contribution in [3.63, 3.8) is 0 Å². The first-order valence-electron chi connectivity index (χ1n) is 6.71. The summed E-state index contributed by atoms with van der Waals surface area (Å²) in [7, 11) is 3.57. The molecule has 2 unspecified atom stereocenters. The minimum Gasteiger partial charge on any atom is -0.369 e. The Morgan fingerprint density at radius 3 is 2.89 bits per heavy atom. The van der Waals surface area contributed by atoms with Crippen LogP contribution in [0.5, 0.6) is 0 Å². The maximum Gasteiger partial charge on any atom is 0.287 e. The van der Waals surface area contributed by atoms with Crippen LogP contribution in [0.1, 0.15) is 25.7 Å². The Kier molecular flexibility index (Phi) is 4.47. The molecule has 0 saturated heterocycles. The van der Waals surface area contributed by atoms with Gasteiger partial charge in [-0.15, -0.1) is 0 Å². The number of hydrogen-bond acceptors (Lipinski definition) is 4. The van der Waals surface area contributed by atoms with Gasteiger partial charge >= 0.3 is 0 Å². The summed E-state index contributed by atoms with van der Waals surface area (Å²) >= 11 is 6.16. The molecule has 1 heterocycles. The van der Waals surface area contributed by atoms with Gasteiger partial charge in [-0.2, -0.15) is 5.10 Å². The largest absolute Gasteiger partial charge is 0.369 e. The predicted molar refractivity (Wildman–Crippen MR) is 77.7 cm³/mol. The lowest BCUT2D eigenvalue weighted by Crippen LogP contribution is -2.44. The van der Waals surface area contributed by atoms with Crippen LogP contribution in [0.3, 0.4) is 0 Å². The summed E-state index contributed by atoms with van der Waals surface area (Å²) in [5, 5.41) is 4.29. The molecule has 1 aromatic rings. The number of aromatic nitrogens is 2. The molecule has 106 valence electrons. The first kappa shape index (κ1) is 14.3. The van der Waals surface area contributed by atoms with Crippen molar-refractivity contribution in [3.8, 4) is 0 Å². The maximum absolute atomic E-state index is 11.8. The summed E-state index contributed by atoms with van der Waals surface area (Å²) in [6.07, 6.45) is 6.31. The van der Waals surface area contributed by atoms with Crippen LogP contribution in [0, 0.1) is 5.92 Å². The summed E-state index contributed by atoms with van der Waals surface area (Å²) in [6.45, 7) is 0.672. The highest BCUT2D eigenvalue weighted by Crippen LogP contribution is 2.31. The minimum atomic E-state index is -0.258. The molecule has 0 bridgehead atoms. The molecule has 1 aliphatic carbocycles. The zero-order chi connectivity index (χ0) is 14.0. The first-order valence-corrected chi connectivity index (χ1v) is 7.08. The van der Waals surface area contributed by atoms with E-state index in [-0.39, 0.29) is 10.6 Å². The van der Waals surface area contributed by atoms with E-state index in [4.69, 9.17) is 17.3 Å². The highest BCUT2D eigenvalue weighted by Gasteiger charge is 2.29. The van der Waals surface area contributed by atoms with Crippen LogP contribution in [0.2, 0.25) is 5.02 Å². The molecule has 0 spiro atoms. The van der Waals surface area contributed by atoms with Crippen molar-refractivity contribution < 1.29 is 0 Å². The number of aryl methyl sites for hydroxylation is 1. The van der Waals surface area contributed by atoms with Gasteiger partial charge in [-0.1, -0.05) is 24.4 Å². The Labute approximate surface area is 118 Å². The molecule has 1 aliphatic rings. The summed E-state index contributed by atoms with van der Waals surface area (Å²) in [5.74, 6) is 0.457. The summed E-state index contributed by atoms with van der Waals surface area (Å²) in [5.41, 5.74) is 6.31. The monoisotopic (exact) mass is 284 g/mol. The maximum atomic E-state index is 11.8. The Bertz CT molecular complexity index is 502. The topological polar surface area (TPSA) is 64.2 Å². The number of hydrogen-bond donors (Lipinski definition) is 1. The third kappa shape index (κ3) is 2.77. The van der Waals surface area contributed by atoms with Crippen molar-refractivity contribution in [3.05, 3.63) is 21.6 Å². The Balaban J connectivity index is 2.30. The van der Waals surface area contributed by atoms with Crippen molar-refractivity contribution in [1.29, 1.82) is 0 Å². The third-order valence-corrected chi connectivity index (χ3v) is 4.46.